The average molecular weight is 348 g/mol. The number of anilines is 1. The van der Waals surface area contributed by atoms with Crippen LogP contribution < -0.4 is 15.2 Å². The number of carbonyl (C=O) groups excluding carboxylic acids is 1. The fourth-order valence-electron chi connectivity index (χ4n) is 2.18. The molecule has 2 aromatic carbocycles. The van der Waals surface area contributed by atoms with E-state index >= 15 is 0 Å². The number of primary amides is 1. The van der Waals surface area contributed by atoms with Gasteiger partial charge in [-0.3, -0.25) is 9.52 Å². The van der Waals surface area contributed by atoms with Crippen molar-refractivity contribution in [3.05, 3.63) is 53.6 Å². The summed E-state index contributed by atoms with van der Waals surface area (Å²) in [6.07, 6.45) is 0. The second-order valence-corrected chi connectivity index (χ2v) is 7.26. The number of rotatable bonds is 6. The van der Waals surface area contributed by atoms with Crippen LogP contribution in [0.25, 0.3) is 0 Å². The average Bonchev–Trinajstić information content (AvgIpc) is 2.54. The second-order valence-electron chi connectivity index (χ2n) is 5.61. The molecule has 0 saturated heterocycles. The Morgan fingerprint density at radius 3 is 2.25 bits per heavy atom. The van der Waals surface area contributed by atoms with Crippen LogP contribution in [-0.2, 0) is 10.0 Å². The molecule has 2 aromatic rings. The van der Waals surface area contributed by atoms with Gasteiger partial charge in [-0.1, -0.05) is 19.9 Å². The highest BCUT2D eigenvalue weighted by molar-refractivity contribution is 7.92. The topological polar surface area (TPSA) is 98.5 Å². The van der Waals surface area contributed by atoms with Gasteiger partial charge >= 0.3 is 0 Å². The maximum atomic E-state index is 12.7. The predicted octanol–water partition coefficient (Wildman–Crippen LogP) is 2.72. The molecule has 0 unspecified atom stereocenters. The molecule has 0 radical (unpaired) electrons. The van der Waals surface area contributed by atoms with Crippen molar-refractivity contribution < 1.29 is 17.9 Å². The van der Waals surface area contributed by atoms with Crippen molar-refractivity contribution in [3.8, 4) is 5.75 Å². The number of benzene rings is 2. The van der Waals surface area contributed by atoms with Crippen molar-refractivity contribution in [3.63, 3.8) is 0 Å². The minimum atomic E-state index is -3.84. The zero-order valence-electron chi connectivity index (χ0n) is 13.7. The Morgan fingerprint density at radius 2 is 1.75 bits per heavy atom. The molecular formula is C17H20N2O4S. The lowest BCUT2D eigenvalue weighted by molar-refractivity contribution is 0.100. The van der Waals surface area contributed by atoms with E-state index in [0.29, 0.717) is 11.3 Å². The molecule has 1 amide bonds. The first-order valence-electron chi connectivity index (χ1n) is 7.35. The lowest BCUT2D eigenvalue weighted by atomic mass is 10.0. The Hall–Kier alpha value is -2.54. The Kier molecular flexibility index (Phi) is 5.14. The zero-order valence-corrected chi connectivity index (χ0v) is 14.6. The summed E-state index contributed by atoms with van der Waals surface area (Å²) >= 11 is 0. The Morgan fingerprint density at radius 1 is 1.12 bits per heavy atom. The van der Waals surface area contributed by atoms with Crippen LogP contribution in [0.5, 0.6) is 5.75 Å². The van der Waals surface area contributed by atoms with Crippen LogP contribution in [-0.4, -0.2) is 21.4 Å². The van der Waals surface area contributed by atoms with Gasteiger partial charge in [0.25, 0.3) is 10.0 Å². The number of nitrogens with two attached hydrogens (primary N) is 1. The summed E-state index contributed by atoms with van der Waals surface area (Å²) in [5.74, 6) is -0.129. The van der Waals surface area contributed by atoms with E-state index in [1.807, 2.05) is 19.9 Å². The summed E-state index contributed by atoms with van der Waals surface area (Å²) in [5, 5.41) is 0. The minimum absolute atomic E-state index is 0.0650. The van der Waals surface area contributed by atoms with E-state index in [2.05, 4.69) is 4.72 Å². The summed E-state index contributed by atoms with van der Waals surface area (Å²) in [5.41, 5.74) is 6.69. The number of sulfonamides is 1. The smallest absolute Gasteiger partial charge is 0.265 e. The van der Waals surface area contributed by atoms with Gasteiger partial charge in [-0.15, -0.1) is 0 Å². The summed E-state index contributed by atoms with van der Waals surface area (Å²) in [6.45, 7) is 3.96. The number of ether oxygens (including phenoxy) is 1. The van der Waals surface area contributed by atoms with Crippen LogP contribution in [0.3, 0.4) is 0 Å². The van der Waals surface area contributed by atoms with Gasteiger partial charge in [0, 0.05) is 11.3 Å². The summed E-state index contributed by atoms with van der Waals surface area (Å²) < 4.78 is 33.0. The molecule has 0 atom stereocenters. The van der Waals surface area contributed by atoms with E-state index in [1.165, 1.54) is 31.4 Å². The predicted molar refractivity (Wildman–Crippen MR) is 92.9 cm³/mol. The third-order valence-electron chi connectivity index (χ3n) is 3.57. The highest BCUT2D eigenvalue weighted by Gasteiger charge is 2.21. The van der Waals surface area contributed by atoms with Gasteiger partial charge in [-0.05, 0) is 47.9 Å². The number of amides is 1. The Labute approximate surface area is 141 Å². The molecule has 128 valence electrons. The summed E-state index contributed by atoms with van der Waals surface area (Å²) in [6, 6.07) is 11.0. The highest BCUT2D eigenvalue weighted by atomic mass is 32.2. The van der Waals surface area contributed by atoms with Gasteiger partial charge in [-0.2, -0.15) is 0 Å². The van der Waals surface area contributed by atoms with Gasteiger partial charge in [0.1, 0.15) is 10.6 Å². The molecule has 0 aliphatic heterocycles. The van der Waals surface area contributed by atoms with Crippen molar-refractivity contribution in [2.45, 2.75) is 24.7 Å². The molecule has 7 heteroatoms. The first-order valence-corrected chi connectivity index (χ1v) is 8.83. The second kappa shape index (κ2) is 6.92. The zero-order chi connectivity index (χ0) is 17.9. The summed E-state index contributed by atoms with van der Waals surface area (Å²) in [4.78, 5) is 11.1. The van der Waals surface area contributed by atoms with Crippen LogP contribution in [0, 0.1) is 0 Å². The van der Waals surface area contributed by atoms with Crippen molar-refractivity contribution in [2.75, 3.05) is 11.8 Å². The molecule has 0 bridgehead atoms. The Balaban J connectivity index is 2.39. The molecule has 6 nitrogen and oxygen atoms in total. The van der Waals surface area contributed by atoms with Crippen LogP contribution in [0.15, 0.2) is 47.4 Å². The molecule has 0 spiro atoms. The molecule has 0 aliphatic carbocycles. The maximum Gasteiger partial charge on any atom is 0.265 e. The lowest BCUT2D eigenvalue weighted by Gasteiger charge is -2.14. The van der Waals surface area contributed by atoms with Crippen molar-refractivity contribution in [1.82, 2.24) is 0 Å². The van der Waals surface area contributed by atoms with E-state index in [1.54, 1.807) is 12.1 Å². The lowest BCUT2D eigenvalue weighted by Crippen LogP contribution is -2.15. The van der Waals surface area contributed by atoms with E-state index in [-0.39, 0.29) is 16.6 Å². The van der Waals surface area contributed by atoms with Crippen LogP contribution in [0.4, 0.5) is 5.69 Å². The molecule has 24 heavy (non-hydrogen) atoms. The SMILES string of the molecule is COc1ccc(C(C)C)cc1S(=O)(=O)Nc1ccc(C(N)=O)cc1. The normalized spacial score (nSPS) is 11.3. The third-order valence-corrected chi connectivity index (χ3v) is 4.97. The minimum Gasteiger partial charge on any atom is -0.495 e. The van der Waals surface area contributed by atoms with Crippen LogP contribution in [0.1, 0.15) is 35.7 Å². The van der Waals surface area contributed by atoms with Gasteiger partial charge in [0.05, 0.1) is 7.11 Å². The standard InChI is InChI=1S/C17H20N2O4S/c1-11(2)13-6-9-15(23-3)16(10-13)24(21,22)19-14-7-4-12(5-8-14)17(18)20/h4-11,19H,1-3H3,(H2,18,20). The number of carbonyl (C=O) groups is 1. The van der Waals surface area contributed by atoms with Gasteiger partial charge in [-0.25, -0.2) is 8.42 Å². The maximum absolute atomic E-state index is 12.7. The molecule has 2 rings (SSSR count). The van der Waals surface area contributed by atoms with E-state index in [0.717, 1.165) is 5.56 Å². The first-order chi connectivity index (χ1) is 11.2. The molecule has 0 aromatic heterocycles. The van der Waals surface area contributed by atoms with Crippen molar-refractivity contribution in [2.24, 2.45) is 5.73 Å². The Bertz CT molecular complexity index is 843. The van der Waals surface area contributed by atoms with Gasteiger partial charge in [0.2, 0.25) is 5.91 Å². The molecule has 0 heterocycles. The van der Waals surface area contributed by atoms with E-state index in [9.17, 15) is 13.2 Å². The molecular weight excluding hydrogens is 328 g/mol. The first kappa shape index (κ1) is 17.8. The number of methoxy groups -OCH3 is 1. The van der Waals surface area contributed by atoms with E-state index in [4.69, 9.17) is 10.5 Å². The molecule has 0 fully saturated rings. The van der Waals surface area contributed by atoms with Gasteiger partial charge < -0.3 is 10.5 Å². The largest absolute Gasteiger partial charge is 0.495 e. The van der Waals surface area contributed by atoms with Gasteiger partial charge in [0.15, 0.2) is 0 Å². The van der Waals surface area contributed by atoms with Crippen molar-refractivity contribution in [1.29, 1.82) is 0 Å². The number of nitrogens with one attached hydrogen (secondary N) is 1. The fourth-order valence-corrected chi connectivity index (χ4v) is 3.44. The monoisotopic (exact) mass is 348 g/mol. The fraction of sp³-hybridized carbons (Fsp3) is 0.235. The molecule has 3 N–H and O–H groups in total. The third kappa shape index (κ3) is 3.86. The van der Waals surface area contributed by atoms with E-state index < -0.39 is 15.9 Å². The molecule has 0 saturated carbocycles. The molecule has 0 aliphatic rings. The number of hydrogen-bond donors (Lipinski definition) is 2. The summed E-state index contributed by atoms with van der Waals surface area (Å²) in [7, 11) is -2.41. The highest BCUT2D eigenvalue weighted by Crippen LogP contribution is 2.29. The van der Waals surface area contributed by atoms with Crippen molar-refractivity contribution >= 4 is 21.6 Å². The van der Waals surface area contributed by atoms with Crippen LogP contribution in [0.2, 0.25) is 0 Å². The number of hydrogen-bond acceptors (Lipinski definition) is 4. The quantitative estimate of drug-likeness (QED) is 0.838. The van der Waals surface area contributed by atoms with Crippen LogP contribution >= 0.6 is 0 Å².